The number of carbonyl (C=O) groups excluding carboxylic acids is 1. The second-order valence-electron chi connectivity index (χ2n) is 8.26. The normalized spacial score (nSPS) is 10.6. The van der Waals surface area contributed by atoms with Gasteiger partial charge in [-0.15, -0.1) is 0 Å². The third-order valence-electron chi connectivity index (χ3n) is 5.50. The van der Waals surface area contributed by atoms with Crippen molar-refractivity contribution in [3.63, 3.8) is 0 Å². The SMILES string of the molecule is CCCCOc1cc(OCCCC)c(PC(=O)c2c(OC)cc(OC)cc2OC)c(OCCCC)c1.[Li]. The van der Waals surface area contributed by atoms with Crippen molar-refractivity contribution in [3.05, 3.63) is 29.8 Å². The average Bonchev–Trinajstić information content (AvgIpc) is 2.89. The Morgan fingerprint density at radius 3 is 1.49 bits per heavy atom. The first kappa shape index (κ1) is 33.0. The minimum atomic E-state index is -0.273. The number of methoxy groups -OCH3 is 3. The molecule has 2 aromatic carbocycles. The molecule has 9 heteroatoms. The van der Waals surface area contributed by atoms with Crippen molar-refractivity contribution in [3.8, 4) is 34.5 Å². The zero-order valence-corrected chi connectivity index (χ0v) is 24.5. The van der Waals surface area contributed by atoms with E-state index >= 15 is 0 Å². The van der Waals surface area contributed by atoms with E-state index in [9.17, 15) is 4.79 Å². The maximum absolute atomic E-state index is 13.7. The summed E-state index contributed by atoms with van der Waals surface area (Å²) in [5.74, 6) is 3.24. The summed E-state index contributed by atoms with van der Waals surface area (Å²) in [6.07, 6.45) is 5.82. The Morgan fingerprint density at radius 1 is 0.649 bits per heavy atom. The number of unbranched alkanes of at least 4 members (excludes halogenated alkanes) is 3. The van der Waals surface area contributed by atoms with Gasteiger partial charge in [-0.2, -0.15) is 0 Å². The summed E-state index contributed by atoms with van der Waals surface area (Å²) in [6.45, 7) is 8.05. The van der Waals surface area contributed by atoms with E-state index in [0.29, 0.717) is 59.9 Å². The minimum absolute atomic E-state index is 0. The van der Waals surface area contributed by atoms with Gasteiger partial charge in [0.15, 0.2) is 5.52 Å². The summed E-state index contributed by atoms with van der Waals surface area (Å²) in [4.78, 5) is 13.7. The third-order valence-corrected chi connectivity index (χ3v) is 6.72. The van der Waals surface area contributed by atoms with E-state index in [1.54, 1.807) is 19.2 Å². The van der Waals surface area contributed by atoms with Gasteiger partial charge < -0.3 is 28.4 Å². The molecule has 37 heavy (non-hydrogen) atoms. The Bertz CT molecular complexity index is 912. The molecule has 0 saturated carbocycles. The molecular weight excluding hydrogens is 486 g/mol. The molecule has 0 amide bonds. The van der Waals surface area contributed by atoms with Crippen LogP contribution in [0.15, 0.2) is 24.3 Å². The molecule has 2 aromatic rings. The predicted molar refractivity (Wildman–Crippen MR) is 152 cm³/mol. The van der Waals surface area contributed by atoms with Crippen molar-refractivity contribution in [2.75, 3.05) is 41.2 Å². The molecular formula is C28H41LiO7P. The van der Waals surface area contributed by atoms with Crippen molar-refractivity contribution in [1.29, 1.82) is 0 Å². The fourth-order valence-electron chi connectivity index (χ4n) is 3.39. The molecule has 201 valence electrons. The van der Waals surface area contributed by atoms with Crippen molar-refractivity contribution in [1.82, 2.24) is 0 Å². The van der Waals surface area contributed by atoms with Crippen LogP contribution < -0.4 is 33.7 Å². The molecule has 1 atom stereocenters. The topological polar surface area (TPSA) is 72.5 Å². The maximum Gasteiger partial charge on any atom is 0.193 e. The molecule has 0 N–H and O–H groups in total. The van der Waals surface area contributed by atoms with Crippen molar-refractivity contribution >= 4 is 38.3 Å². The van der Waals surface area contributed by atoms with E-state index in [-0.39, 0.29) is 33.0 Å². The second-order valence-corrected chi connectivity index (χ2v) is 9.47. The number of hydrogen-bond acceptors (Lipinski definition) is 7. The first-order valence-corrected chi connectivity index (χ1v) is 13.7. The molecule has 0 aliphatic carbocycles. The molecule has 2 rings (SSSR count). The largest absolute Gasteiger partial charge is 0.496 e. The van der Waals surface area contributed by atoms with Crippen LogP contribution in [0.2, 0.25) is 0 Å². The first-order chi connectivity index (χ1) is 17.5. The third kappa shape index (κ3) is 9.97. The molecule has 0 aliphatic rings. The quantitative estimate of drug-likeness (QED) is 0.134. The fourth-order valence-corrected chi connectivity index (χ4v) is 4.53. The Balaban J connectivity index is 0.00000684. The van der Waals surface area contributed by atoms with Gasteiger partial charge in [0.25, 0.3) is 0 Å². The van der Waals surface area contributed by atoms with Crippen LogP contribution in [-0.2, 0) is 0 Å². The average molecular weight is 528 g/mol. The number of carbonyl (C=O) groups is 1. The van der Waals surface area contributed by atoms with Gasteiger partial charge in [-0.25, -0.2) is 0 Å². The molecule has 7 nitrogen and oxygen atoms in total. The summed E-state index contributed by atoms with van der Waals surface area (Å²) in [5.41, 5.74) is 0.216. The van der Waals surface area contributed by atoms with Crippen molar-refractivity contribution in [2.45, 2.75) is 59.3 Å². The zero-order chi connectivity index (χ0) is 26.3. The number of benzene rings is 2. The molecule has 0 bridgehead atoms. The van der Waals surface area contributed by atoms with Gasteiger partial charge in [0.2, 0.25) is 0 Å². The zero-order valence-electron chi connectivity index (χ0n) is 23.5. The molecule has 0 saturated heterocycles. The van der Waals surface area contributed by atoms with Gasteiger partial charge in [0.1, 0.15) is 40.1 Å². The summed E-state index contributed by atoms with van der Waals surface area (Å²) >= 11 is 0. The van der Waals surface area contributed by atoms with E-state index in [1.807, 2.05) is 12.1 Å². The van der Waals surface area contributed by atoms with Crippen LogP contribution in [0.1, 0.15) is 69.7 Å². The van der Waals surface area contributed by atoms with E-state index < -0.39 is 0 Å². The molecule has 1 unspecified atom stereocenters. The standard InChI is InChI=1S/C28H41O7P.Li/c1-7-10-13-33-21-18-24(34-14-11-8-2)27(25(19-21)35-15-12-9-3)36-28(29)26-22(31-5)16-20(30-4)17-23(26)32-6;/h16-19,36H,7-15H2,1-6H3;. The smallest absolute Gasteiger partial charge is 0.193 e. The predicted octanol–water partition coefficient (Wildman–Crippen LogP) is 6.01. The Kier molecular flexibility index (Phi) is 16.2. The fraction of sp³-hybridized carbons (Fsp3) is 0.536. The van der Waals surface area contributed by atoms with Gasteiger partial charge in [0, 0.05) is 43.1 Å². The first-order valence-electron chi connectivity index (χ1n) is 12.7. The Hall–Kier alpha value is -2.06. The van der Waals surface area contributed by atoms with Gasteiger partial charge in [-0.05, 0) is 27.8 Å². The Labute approximate surface area is 235 Å². The molecule has 0 aliphatic heterocycles. The van der Waals surface area contributed by atoms with Gasteiger partial charge in [-0.1, -0.05) is 40.0 Å². The maximum atomic E-state index is 13.7. The van der Waals surface area contributed by atoms with Crippen LogP contribution in [0.5, 0.6) is 34.5 Å². The van der Waals surface area contributed by atoms with Crippen molar-refractivity contribution < 1.29 is 33.2 Å². The van der Waals surface area contributed by atoms with E-state index in [2.05, 4.69) is 20.8 Å². The minimum Gasteiger partial charge on any atom is -0.496 e. The van der Waals surface area contributed by atoms with Crippen LogP contribution in [-0.4, -0.2) is 65.5 Å². The van der Waals surface area contributed by atoms with Gasteiger partial charge in [0.05, 0.1) is 46.5 Å². The summed E-state index contributed by atoms with van der Waals surface area (Å²) < 4.78 is 34.7. The summed E-state index contributed by atoms with van der Waals surface area (Å²) in [6, 6.07) is 7.11. The van der Waals surface area contributed by atoms with Crippen LogP contribution in [0.3, 0.4) is 0 Å². The van der Waals surface area contributed by atoms with Crippen LogP contribution in [0, 0.1) is 0 Å². The molecule has 1 radical (unpaired) electrons. The van der Waals surface area contributed by atoms with E-state index in [0.717, 1.165) is 43.8 Å². The monoisotopic (exact) mass is 527 g/mol. The summed E-state index contributed by atoms with van der Waals surface area (Å²) in [5, 5.41) is 0.718. The molecule has 0 heterocycles. The van der Waals surface area contributed by atoms with Crippen LogP contribution in [0.25, 0.3) is 0 Å². The van der Waals surface area contributed by atoms with Gasteiger partial charge >= 0.3 is 0 Å². The molecule has 0 fully saturated rings. The summed E-state index contributed by atoms with van der Waals surface area (Å²) in [7, 11) is 4.33. The van der Waals surface area contributed by atoms with E-state index in [4.69, 9.17) is 28.4 Å². The second kappa shape index (κ2) is 18.2. The molecule has 0 aromatic heterocycles. The number of hydrogen-bond donors (Lipinski definition) is 0. The van der Waals surface area contributed by atoms with Crippen LogP contribution >= 0.6 is 8.58 Å². The Morgan fingerprint density at radius 2 is 1.08 bits per heavy atom. The van der Waals surface area contributed by atoms with Crippen LogP contribution in [0.4, 0.5) is 0 Å². The van der Waals surface area contributed by atoms with E-state index in [1.165, 1.54) is 14.2 Å². The number of ether oxygens (including phenoxy) is 6. The van der Waals surface area contributed by atoms with Gasteiger partial charge in [-0.3, -0.25) is 4.79 Å². The van der Waals surface area contributed by atoms with Crippen molar-refractivity contribution in [2.24, 2.45) is 0 Å². The molecule has 0 spiro atoms. The number of rotatable bonds is 18.